The molecule has 0 saturated carbocycles. The topological polar surface area (TPSA) is 29.5 Å². The quantitative estimate of drug-likeness (QED) is 0.842. The Morgan fingerprint density at radius 2 is 1.68 bits per heavy atom. The Kier molecular flexibility index (Phi) is 5.26. The van der Waals surface area contributed by atoms with Crippen molar-refractivity contribution in [3.05, 3.63) is 65.5 Å². The van der Waals surface area contributed by atoms with Crippen LogP contribution in [0.15, 0.2) is 42.5 Å². The van der Waals surface area contributed by atoms with E-state index in [9.17, 15) is 18.0 Å². The van der Waals surface area contributed by atoms with E-state index in [0.717, 1.165) is 17.7 Å². The average molecular weight is 349 g/mol. The van der Waals surface area contributed by atoms with Crippen molar-refractivity contribution < 1.29 is 22.7 Å². The molecule has 2 aromatic carbocycles. The summed E-state index contributed by atoms with van der Waals surface area (Å²) in [6.07, 6.45) is 1.33. The second-order valence-electron chi connectivity index (χ2n) is 6.08. The van der Waals surface area contributed by atoms with Crippen LogP contribution in [0.25, 0.3) is 0 Å². The van der Waals surface area contributed by atoms with Crippen LogP contribution in [-0.2, 0) is 11.2 Å². The highest BCUT2D eigenvalue weighted by atomic mass is 19.2. The summed E-state index contributed by atoms with van der Waals surface area (Å²) >= 11 is 0. The molecule has 1 aliphatic heterocycles. The van der Waals surface area contributed by atoms with E-state index in [-0.39, 0.29) is 30.0 Å². The Hall–Kier alpha value is -2.50. The molecule has 0 N–H and O–H groups in total. The third kappa shape index (κ3) is 4.53. The molecule has 0 radical (unpaired) electrons. The number of benzene rings is 2. The summed E-state index contributed by atoms with van der Waals surface area (Å²) in [7, 11) is 0. The van der Waals surface area contributed by atoms with Gasteiger partial charge in [-0.25, -0.2) is 13.2 Å². The van der Waals surface area contributed by atoms with Gasteiger partial charge in [-0.05, 0) is 29.8 Å². The van der Waals surface area contributed by atoms with Crippen molar-refractivity contribution in [1.82, 2.24) is 4.90 Å². The third-order valence-electron chi connectivity index (χ3n) is 4.26. The first kappa shape index (κ1) is 17.3. The molecule has 0 aromatic heterocycles. The summed E-state index contributed by atoms with van der Waals surface area (Å²) < 4.78 is 44.7. The maximum absolute atomic E-state index is 13.2. The maximum Gasteiger partial charge on any atom is 0.226 e. The number of halogens is 3. The van der Waals surface area contributed by atoms with Crippen LogP contribution in [0.1, 0.15) is 18.4 Å². The van der Waals surface area contributed by atoms with Crippen molar-refractivity contribution in [3.8, 4) is 5.75 Å². The highest BCUT2D eigenvalue weighted by Crippen LogP contribution is 2.21. The van der Waals surface area contributed by atoms with E-state index in [1.807, 2.05) is 0 Å². The predicted octanol–water partition coefficient (Wildman–Crippen LogP) is 3.72. The number of amides is 1. The molecule has 6 heteroatoms. The second kappa shape index (κ2) is 7.59. The Morgan fingerprint density at radius 1 is 1.00 bits per heavy atom. The van der Waals surface area contributed by atoms with Crippen LogP contribution in [0.5, 0.6) is 5.75 Å². The van der Waals surface area contributed by atoms with E-state index in [4.69, 9.17) is 4.74 Å². The number of nitrogens with zero attached hydrogens (tertiary/aromatic N) is 1. The molecular weight excluding hydrogens is 331 g/mol. The fourth-order valence-corrected chi connectivity index (χ4v) is 2.85. The lowest BCUT2D eigenvalue weighted by Gasteiger charge is -2.32. The van der Waals surface area contributed by atoms with Crippen LogP contribution >= 0.6 is 0 Å². The summed E-state index contributed by atoms with van der Waals surface area (Å²) in [5, 5.41) is 0. The molecule has 1 heterocycles. The molecule has 132 valence electrons. The number of carbonyl (C=O) groups is 1. The monoisotopic (exact) mass is 349 g/mol. The van der Waals surface area contributed by atoms with Crippen molar-refractivity contribution in [3.63, 3.8) is 0 Å². The molecule has 1 amide bonds. The average Bonchev–Trinajstić information content (AvgIpc) is 2.61. The van der Waals surface area contributed by atoms with E-state index >= 15 is 0 Å². The standard InChI is InChI=1S/C19H18F3NO2/c20-14-3-1-13(2-4-14)11-19(24)23-9-7-15(8-10-23)25-16-5-6-17(21)18(22)12-16/h1-6,12,15H,7-11H2. The van der Waals surface area contributed by atoms with E-state index < -0.39 is 11.6 Å². The molecule has 0 unspecified atom stereocenters. The van der Waals surface area contributed by atoms with Crippen LogP contribution in [0.3, 0.4) is 0 Å². The lowest BCUT2D eigenvalue weighted by atomic mass is 10.1. The van der Waals surface area contributed by atoms with Crippen molar-refractivity contribution in [2.24, 2.45) is 0 Å². The number of ether oxygens (including phenoxy) is 1. The van der Waals surface area contributed by atoms with Crippen molar-refractivity contribution in [2.45, 2.75) is 25.4 Å². The van der Waals surface area contributed by atoms with E-state index in [2.05, 4.69) is 0 Å². The second-order valence-corrected chi connectivity index (χ2v) is 6.08. The van der Waals surface area contributed by atoms with Gasteiger partial charge in [0.15, 0.2) is 11.6 Å². The zero-order valence-electron chi connectivity index (χ0n) is 13.6. The highest BCUT2D eigenvalue weighted by Gasteiger charge is 2.24. The number of hydrogen-bond acceptors (Lipinski definition) is 2. The molecular formula is C19H18F3NO2. The first-order valence-corrected chi connectivity index (χ1v) is 8.15. The van der Waals surface area contributed by atoms with Gasteiger partial charge in [0.25, 0.3) is 0 Å². The van der Waals surface area contributed by atoms with Crippen molar-refractivity contribution >= 4 is 5.91 Å². The Balaban J connectivity index is 1.50. The minimum absolute atomic E-state index is 0.0158. The largest absolute Gasteiger partial charge is 0.490 e. The summed E-state index contributed by atoms with van der Waals surface area (Å²) in [5.41, 5.74) is 0.770. The van der Waals surface area contributed by atoms with E-state index in [1.165, 1.54) is 18.2 Å². The van der Waals surface area contributed by atoms with Crippen LogP contribution < -0.4 is 4.74 Å². The molecule has 0 aliphatic carbocycles. The summed E-state index contributed by atoms with van der Waals surface area (Å²) in [5.74, 6) is -1.91. The number of hydrogen-bond donors (Lipinski definition) is 0. The Labute approximate surface area is 144 Å². The smallest absolute Gasteiger partial charge is 0.226 e. The van der Waals surface area contributed by atoms with Gasteiger partial charge in [0.1, 0.15) is 17.7 Å². The Morgan fingerprint density at radius 3 is 2.32 bits per heavy atom. The number of likely N-dealkylation sites (tertiary alicyclic amines) is 1. The summed E-state index contributed by atoms with van der Waals surface area (Å²) in [4.78, 5) is 14.0. The first-order valence-electron chi connectivity index (χ1n) is 8.15. The minimum atomic E-state index is -0.940. The number of rotatable bonds is 4. The summed E-state index contributed by atoms with van der Waals surface area (Å²) in [6, 6.07) is 9.34. The molecule has 1 fully saturated rings. The van der Waals surface area contributed by atoms with Gasteiger partial charge in [-0.1, -0.05) is 12.1 Å². The van der Waals surface area contributed by atoms with Crippen LogP contribution in [0, 0.1) is 17.5 Å². The molecule has 1 saturated heterocycles. The van der Waals surface area contributed by atoms with E-state index in [1.54, 1.807) is 17.0 Å². The molecule has 0 atom stereocenters. The molecule has 25 heavy (non-hydrogen) atoms. The predicted molar refractivity (Wildman–Crippen MR) is 86.7 cm³/mol. The van der Waals surface area contributed by atoms with Crippen LogP contribution in [0.4, 0.5) is 13.2 Å². The van der Waals surface area contributed by atoms with Gasteiger partial charge >= 0.3 is 0 Å². The lowest BCUT2D eigenvalue weighted by Crippen LogP contribution is -2.42. The fourth-order valence-electron chi connectivity index (χ4n) is 2.85. The minimum Gasteiger partial charge on any atom is -0.490 e. The Bertz CT molecular complexity index is 741. The molecule has 0 bridgehead atoms. The normalized spacial score (nSPS) is 15.2. The van der Waals surface area contributed by atoms with Crippen LogP contribution in [-0.4, -0.2) is 30.0 Å². The third-order valence-corrected chi connectivity index (χ3v) is 4.26. The lowest BCUT2D eigenvalue weighted by molar-refractivity contribution is -0.132. The van der Waals surface area contributed by atoms with Crippen LogP contribution in [0.2, 0.25) is 0 Å². The molecule has 3 nitrogen and oxygen atoms in total. The maximum atomic E-state index is 13.2. The molecule has 1 aliphatic rings. The number of carbonyl (C=O) groups excluding carboxylic acids is 1. The SMILES string of the molecule is O=C(Cc1ccc(F)cc1)N1CCC(Oc2ccc(F)c(F)c2)CC1. The fraction of sp³-hybridized carbons (Fsp3) is 0.316. The summed E-state index contributed by atoms with van der Waals surface area (Å²) in [6.45, 7) is 1.07. The van der Waals surface area contributed by atoms with E-state index in [0.29, 0.717) is 25.9 Å². The zero-order chi connectivity index (χ0) is 17.8. The zero-order valence-corrected chi connectivity index (χ0v) is 13.6. The molecule has 0 spiro atoms. The van der Waals surface area contributed by atoms with Gasteiger partial charge in [-0.3, -0.25) is 4.79 Å². The van der Waals surface area contributed by atoms with Gasteiger partial charge in [-0.2, -0.15) is 0 Å². The van der Waals surface area contributed by atoms with Gasteiger partial charge < -0.3 is 9.64 Å². The molecule has 3 rings (SSSR count). The van der Waals surface area contributed by atoms with Crippen molar-refractivity contribution in [2.75, 3.05) is 13.1 Å². The van der Waals surface area contributed by atoms with Gasteiger partial charge in [0.2, 0.25) is 5.91 Å². The van der Waals surface area contributed by atoms with Gasteiger partial charge in [0, 0.05) is 32.0 Å². The van der Waals surface area contributed by atoms with Crippen molar-refractivity contribution in [1.29, 1.82) is 0 Å². The highest BCUT2D eigenvalue weighted by molar-refractivity contribution is 5.78. The van der Waals surface area contributed by atoms with Gasteiger partial charge in [0.05, 0.1) is 6.42 Å². The molecule has 2 aromatic rings. The van der Waals surface area contributed by atoms with Gasteiger partial charge in [-0.15, -0.1) is 0 Å². The first-order chi connectivity index (χ1) is 12.0. The number of piperidine rings is 1.